The van der Waals surface area contributed by atoms with Gasteiger partial charge in [0.1, 0.15) is 0 Å². The van der Waals surface area contributed by atoms with Crippen LogP contribution in [0.15, 0.2) is 12.2 Å². The minimum Gasteiger partial charge on any atom is -0.393 e. The summed E-state index contributed by atoms with van der Waals surface area (Å²) in [5.41, 5.74) is 0.814. The van der Waals surface area contributed by atoms with Crippen molar-refractivity contribution in [1.29, 1.82) is 0 Å². The Morgan fingerprint density at radius 1 is 1.41 bits per heavy atom. The maximum atomic E-state index is 10.2. The molecule has 2 rings (SSSR count). The van der Waals surface area contributed by atoms with Crippen LogP contribution in [0, 0.1) is 17.3 Å². The lowest BCUT2D eigenvalue weighted by atomic mass is 9.55. The molecule has 0 aromatic carbocycles. The van der Waals surface area contributed by atoms with Crippen LogP contribution in [-0.2, 0) is 0 Å². The Kier molecular flexibility index (Phi) is 3.16. The van der Waals surface area contributed by atoms with E-state index >= 15 is 0 Å². The van der Waals surface area contributed by atoms with Crippen LogP contribution in [0.5, 0.6) is 0 Å². The lowest BCUT2D eigenvalue weighted by Crippen LogP contribution is -2.46. The average Bonchev–Trinajstić information content (AvgIpc) is 2.13. The molecule has 2 heteroatoms. The largest absolute Gasteiger partial charge is 0.393 e. The van der Waals surface area contributed by atoms with Gasteiger partial charge in [-0.05, 0) is 63.2 Å². The van der Waals surface area contributed by atoms with Crippen molar-refractivity contribution < 1.29 is 10.2 Å². The predicted molar refractivity (Wildman–Crippen MR) is 69.6 cm³/mol. The third-order valence-corrected chi connectivity index (χ3v) is 5.12. The fourth-order valence-electron chi connectivity index (χ4n) is 3.97. The lowest BCUT2D eigenvalue weighted by molar-refractivity contribution is -0.0565. The van der Waals surface area contributed by atoms with Crippen molar-refractivity contribution >= 4 is 0 Å². The fourth-order valence-corrected chi connectivity index (χ4v) is 3.97. The van der Waals surface area contributed by atoms with Crippen molar-refractivity contribution in [3.05, 3.63) is 12.2 Å². The summed E-state index contributed by atoms with van der Waals surface area (Å²) in [5.74, 6) is 0.851. The lowest BCUT2D eigenvalue weighted by Gasteiger charge is -2.51. The summed E-state index contributed by atoms with van der Waals surface area (Å²) < 4.78 is 0. The third kappa shape index (κ3) is 2.43. The molecule has 2 nitrogen and oxygen atoms in total. The standard InChI is InChI=1S/C15H26O2/c1-10-7-12(16)9-15(4)6-5-11(8-13(10)15)14(2,3)17/h11-13,16-17H,1,5-9H2,2-4H3/t11-,12-,13?,15+/m1/s1. The molecule has 0 aromatic rings. The van der Waals surface area contributed by atoms with E-state index in [4.69, 9.17) is 0 Å². The summed E-state index contributed by atoms with van der Waals surface area (Å²) in [6, 6.07) is 0. The van der Waals surface area contributed by atoms with Crippen LogP contribution in [-0.4, -0.2) is 21.9 Å². The summed E-state index contributed by atoms with van der Waals surface area (Å²) >= 11 is 0. The molecule has 0 aromatic heterocycles. The Bertz CT molecular complexity index is 315. The Balaban J connectivity index is 2.17. The molecular weight excluding hydrogens is 212 g/mol. The molecular formula is C15H26O2. The molecule has 0 aliphatic heterocycles. The first kappa shape index (κ1) is 13.1. The molecule has 0 heterocycles. The molecule has 2 saturated carbocycles. The normalized spacial score (nSPS) is 43.4. The van der Waals surface area contributed by atoms with Crippen molar-refractivity contribution in [2.24, 2.45) is 17.3 Å². The van der Waals surface area contributed by atoms with Gasteiger partial charge in [-0.3, -0.25) is 0 Å². The first-order valence-electron chi connectivity index (χ1n) is 6.80. The highest BCUT2D eigenvalue weighted by atomic mass is 16.3. The Labute approximate surface area is 105 Å². The van der Waals surface area contributed by atoms with Gasteiger partial charge in [-0.25, -0.2) is 0 Å². The van der Waals surface area contributed by atoms with Crippen LogP contribution in [0.1, 0.15) is 52.9 Å². The van der Waals surface area contributed by atoms with Crippen molar-refractivity contribution in [3.8, 4) is 0 Å². The van der Waals surface area contributed by atoms with Gasteiger partial charge in [0, 0.05) is 0 Å². The van der Waals surface area contributed by atoms with E-state index in [0.717, 1.165) is 32.1 Å². The molecule has 0 saturated heterocycles. The smallest absolute Gasteiger partial charge is 0.0620 e. The van der Waals surface area contributed by atoms with Gasteiger partial charge in [0.05, 0.1) is 11.7 Å². The molecule has 0 radical (unpaired) electrons. The van der Waals surface area contributed by atoms with Crippen molar-refractivity contribution in [3.63, 3.8) is 0 Å². The van der Waals surface area contributed by atoms with Gasteiger partial charge >= 0.3 is 0 Å². The number of hydrogen-bond acceptors (Lipinski definition) is 2. The monoisotopic (exact) mass is 238 g/mol. The molecule has 2 N–H and O–H groups in total. The van der Waals surface area contributed by atoms with Gasteiger partial charge in [-0.2, -0.15) is 0 Å². The molecule has 2 aliphatic rings. The molecule has 4 atom stereocenters. The second kappa shape index (κ2) is 4.10. The zero-order valence-corrected chi connectivity index (χ0v) is 11.4. The van der Waals surface area contributed by atoms with Crippen LogP contribution < -0.4 is 0 Å². The van der Waals surface area contributed by atoms with Crippen LogP contribution >= 0.6 is 0 Å². The van der Waals surface area contributed by atoms with Crippen LogP contribution in [0.2, 0.25) is 0 Å². The van der Waals surface area contributed by atoms with Crippen molar-refractivity contribution in [2.45, 2.75) is 64.6 Å². The van der Waals surface area contributed by atoms with E-state index in [-0.39, 0.29) is 11.5 Å². The SMILES string of the molecule is C=C1C[C@@H](O)C[C@]2(C)CC[C@@H](C(C)(C)O)CC12. The van der Waals surface area contributed by atoms with E-state index in [1.807, 2.05) is 13.8 Å². The van der Waals surface area contributed by atoms with E-state index in [1.54, 1.807) is 0 Å². The van der Waals surface area contributed by atoms with Crippen LogP contribution in [0.3, 0.4) is 0 Å². The molecule has 0 amide bonds. The summed E-state index contributed by atoms with van der Waals surface area (Å²) in [4.78, 5) is 0. The summed E-state index contributed by atoms with van der Waals surface area (Å²) in [5, 5.41) is 20.1. The molecule has 98 valence electrons. The number of fused-ring (bicyclic) bond motifs is 1. The Morgan fingerprint density at radius 2 is 2.06 bits per heavy atom. The predicted octanol–water partition coefficient (Wildman–Crippen LogP) is 2.89. The minimum atomic E-state index is -0.586. The molecule has 0 spiro atoms. The van der Waals surface area contributed by atoms with Gasteiger partial charge < -0.3 is 10.2 Å². The van der Waals surface area contributed by atoms with E-state index in [1.165, 1.54) is 5.57 Å². The zero-order chi connectivity index (χ0) is 12.8. The highest BCUT2D eigenvalue weighted by molar-refractivity contribution is 5.15. The highest BCUT2D eigenvalue weighted by Gasteiger charge is 2.47. The zero-order valence-electron chi connectivity index (χ0n) is 11.4. The maximum Gasteiger partial charge on any atom is 0.0620 e. The second-order valence-electron chi connectivity index (χ2n) is 7.05. The molecule has 17 heavy (non-hydrogen) atoms. The third-order valence-electron chi connectivity index (χ3n) is 5.12. The summed E-state index contributed by atoms with van der Waals surface area (Å²) in [7, 11) is 0. The van der Waals surface area contributed by atoms with E-state index < -0.39 is 5.60 Å². The Morgan fingerprint density at radius 3 is 2.65 bits per heavy atom. The van der Waals surface area contributed by atoms with Crippen molar-refractivity contribution in [2.75, 3.05) is 0 Å². The van der Waals surface area contributed by atoms with Gasteiger partial charge in [0.15, 0.2) is 0 Å². The quantitative estimate of drug-likeness (QED) is 0.690. The van der Waals surface area contributed by atoms with E-state index in [2.05, 4.69) is 13.5 Å². The summed E-state index contributed by atoms with van der Waals surface area (Å²) in [6.07, 6.45) is 4.64. The van der Waals surface area contributed by atoms with Gasteiger partial charge in [-0.1, -0.05) is 19.1 Å². The molecule has 2 fully saturated rings. The first-order valence-corrected chi connectivity index (χ1v) is 6.80. The van der Waals surface area contributed by atoms with Gasteiger partial charge in [0.2, 0.25) is 0 Å². The van der Waals surface area contributed by atoms with Gasteiger partial charge in [-0.15, -0.1) is 0 Å². The Hall–Kier alpha value is -0.340. The average molecular weight is 238 g/mol. The van der Waals surface area contributed by atoms with Crippen LogP contribution in [0.4, 0.5) is 0 Å². The topological polar surface area (TPSA) is 40.5 Å². The van der Waals surface area contributed by atoms with Crippen LogP contribution in [0.25, 0.3) is 0 Å². The highest BCUT2D eigenvalue weighted by Crippen LogP contribution is 2.54. The molecule has 1 unspecified atom stereocenters. The summed E-state index contributed by atoms with van der Waals surface area (Å²) in [6.45, 7) is 10.3. The van der Waals surface area contributed by atoms with Crippen molar-refractivity contribution in [1.82, 2.24) is 0 Å². The first-order chi connectivity index (χ1) is 7.72. The number of hydrogen-bond donors (Lipinski definition) is 2. The number of aliphatic hydroxyl groups is 2. The van der Waals surface area contributed by atoms with E-state index in [0.29, 0.717) is 11.8 Å². The van der Waals surface area contributed by atoms with Gasteiger partial charge in [0.25, 0.3) is 0 Å². The molecule has 0 bridgehead atoms. The number of aliphatic hydroxyl groups excluding tert-OH is 1. The fraction of sp³-hybridized carbons (Fsp3) is 0.867. The second-order valence-corrected chi connectivity index (χ2v) is 7.05. The molecule has 2 aliphatic carbocycles. The minimum absolute atomic E-state index is 0.205. The van der Waals surface area contributed by atoms with E-state index in [9.17, 15) is 10.2 Å². The number of rotatable bonds is 1. The maximum absolute atomic E-state index is 10.2.